The van der Waals surface area contributed by atoms with Crippen molar-refractivity contribution >= 4 is 39.1 Å². The molecule has 3 aromatic rings. The van der Waals surface area contributed by atoms with Gasteiger partial charge in [0, 0.05) is 36.7 Å². The fraction of sp³-hybridized carbons (Fsp3) is 0.500. The number of thiophene rings is 1. The summed E-state index contributed by atoms with van der Waals surface area (Å²) in [6, 6.07) is 5.70. The van der Waals surface area contributed by atoms with Crippen LogP contribution in [0.1, 0.15) is 43.5 Å². The number of benzene rings is 1. The molecule has 8 heteroatoms. The van der Waals surface area contributed by atoms with Crippen LogP contribution in [0.5, 0.6) is 0 Å². The number of aryl methyl sites for hydroxylation is 2. The number of fused-ring (bicyclic) bond motifs is 3. The molecule has 2 aromatic heterocycles. The van der Waals surface area contributed by atoms with Crippen molar-refractivity contribution in [3.05, 3.63) is 46.3 Å². The number of aromatic nitrogens is 2. The maximum Gasteiger partial charge on any atom is 0.321 e. The highest BCUT2D eigenvalue weighted by atomic mass is 32.1. The summed E-state index contributed by atoms with van der Waals surface area (Å²) in [6.45, 7) is 11.7. The Morgan fingerprint density at radius 2 is 1.82 bits per heavy atom. The molecule has 1 N–H and O–H groups in total. The van der Waals surface area contributed by atoms with E-state index < -0.39 is 0 Å². The first-order valence-corrected chi connectivity index (χ1v) is 12.9. The van der Waals surface area contributed by atoms with Gasteiger partial charge in [0.1, 0.15) is 22.3 Å². The van der Waals surface area contributed by atoms with Gasteiger partial charge in [-0.05, 0) is 67.3 Å². The number of halogens is 1. The van der Waals surface area contributed by atoms with Crippen LogP contribution in [0.3, 0.4) is 0 Å². The summed E-state index contributed by atoms with van der Waals surface area (Å²) in [4.78, 5) is 29.1. The first kappa shape index (κ1) is 23.0. The van der Waals surface area contributed by atoms with Crippen LogP contribution < -0.4 is 10.2 Å². The molecule has 34 heavy (non-hydrogen) atoms. The molecule has 0 spiro atoms. The van der Waals surface area contributed by atoms with Gasteiger partial charge in [-0.2, -0.15) is 0 Å². The fourth-order valence-electron chi connectivity index (χ4n) is 5.09. The van der Waals surface area contributed by atoms with E-state index in [4.69, 9.17) is 9.97 Å². The topological polar surface area (TPSA) is 61.4 Å². The zero-order valence-electron chi connectivity index (χ0n) is 20.3. The van der Waals surface area contributed by atoms with Crippen LogP contribution in [-0.2, 0) is 12.8 Å². The Bertz CT molecular complexity index is 1210. The van der Waals surface area contributed by atoms with E-state index in [1.807, 2.05) is 23.2 Å². The Morgan fingerprint density at radius 3 is 2.50 bits per heavy atom. The van der Waals surface area contributed by atoms with E-state index in [0.29, 0.717) is 30.1 Å². The van der Waals surface area contributed by atoms with Crippen LogP contribution in [0, 0.1) is 24.1 Å². The Kier molecular flexibility index (Phi) is 5.96. The number of urea groups is 1. The number of nitrogens with zero attached hydrogens (tertiary/aromatic N) is 4. The van der Waals surface area contributed by atoms with Crippen LogP contribution in [-0.4, -0.2) is 47.1 Å². The third-order valence-electron chi connectivity index (χ3n) is 7.19. The second kappa shape index (κ2) is 8.80. The van der Waals surface area contributed by atoms with Gasteiger partial charge in [-0.3, -0.25) is 0 Å². The summed E-state index contributed by atoms with van der Waals surface area (Å²) < 4.78 is 13.1. The smallest absolute Gasteiger partial charge is 0.321 e. The first-order chi connectivity index (χ1) is 16.2. The van der Waals surface area contributed by atoms with Crippen molar-refractivity contribution in [2.75, 3.05) is 36.4 Å². The average Bonchev–Trinajstić information content (AvgIpc) is 3.17. The lowest BCUT2D eigenvalue weighted by atomic mass is 9.72. The molecule has 2 amide bonds. The maximum atomic E-state index is 13.1. The van der Waals surface area contributed by atoms with Crippen LogP contribution >= 0.6 is 11.3 Å². The third-order valence-corrected chi connectivity index (χ3v) is 8.34. The molecule has 1 aliphatic heterocycles. The number of carbonyl (C=O) groups is 1. The minimum absolute atomic E-state index is 0.156. The number of piperazine rings is 1. The largest absolute Gasteiger partial charge is 0.352 e. The SMILES string of the molecule is Cc1nc(N2CCN(C(=O)Nc3ccc(F)cc3)CC2)c2c3c(sc2n1)C[C@H](C(C)(C)C)CC3. The number of hydrogen-bond acceptors (Lipinski definition) is 5. The van der Waals surface area contributed by atoms with Crippen molar-refractivity contribution in [2.24, 2.45) is 11.3 Å². The second-order valence-corrected chi connectivity index (χ2v) is 11.6. The highest BCUT2D eigenvalue weighted by Gasteiger charge is 2.33. The number of rotatable bonds is 2. The fourth-order valence-corrected chi connectivity index (χ4v) is 6.43. The van der Waals surface area contributed by atoms with Crippen LogP contribution in [0.25, 0.3) is 10.2 Å². The number of hydrogen-bond donors (Lipinski definition) is 1. The van der Waals surface area contributed by atoms with Crippen LogP contribution in [0.4, 0.5) is 20.7 Å². The summed E-state index contributed by atoms with van der Waals surface area (Å²) in [6.07, 6.45) is 3.40. The maximum absolute atomic E-state index is 13.1. The molecule has 6 nitrogen and oxygen atoms in total. The minimum atomic E-state index is -0.317. The average molecular weight is 482 g/mol. The Morgan fingerprint density at radius 1 is 1.12 bits per heavy atom. The zero-order valence-corrected chi connectivity index (χ0v) is 21.1. The molecule has 180 valence electrons. The van der Waals surface area contributed by atoms with Gasteiger partial charge < -0.3 is 15.1 Å². The number of nitrogens with one attached hydrogen (secondary N) is 1. The minimum Gasteiger partial charge on any atom is -0.352 e. The molecule has 0 radical (unpaired) electrons. The number of amides is 2. The van der Waals surface area contributed by atoms with E-state index in [9.17, 15) is 9.18 Å². The molecule has 1 atom stereocenters. The Hall–Kier alpha value is -2.74. The van der Waals surface area contributed by atoms with Gasteiger partial charge in [0.25, 0.3) is 0 Å². The molecule has 1 aromatic carbocycles. The van der Waals surface area contributed by atoms with Crippen LogP contribution in [0.2, 0.25) is 0 Å². The predicted octanol–water partition coefficient (Wildman–Crippen LogP) is 5.64. The molecule has 2 aliphatic rings. The molecule has 5 rings (SSSR count). The van der Waals surface area contributed by atoms with Gasteiger partial charge >= 0.3 is 6.03 Å². The molecular weight excluding hydrogens is 449 g/mol. The lowest BCUT2D eigenvalue weighted by Crippen LogP contribution is -2.50. The highest BCUT2D eigenvalue weighted by Crippen LogP contribution is 2.45. The lowest BCUT2D eigenvalue weighted by Gasteiger charge is -2.36. The third kappa shape index (κ3) is 4.48. The van der Waals surface area contributed by atoms with E-state index in [1.165, 1.54) is 34.4 Å². The molecule has 1 saturated heterocycles. The van der Waals surface area contributed by atoms with Gasteiger partial charge in [0.05, 0.1) is 5.39 Å². The van der Waals surface area contributed by atoms with Crippen molar-refractivity contribution in [2.45, 2.75) is 47.0 Å². The van der Waals surface area contributed by atoms with Gasteiger partial charge in [-0.25, -0.2) is 19.2 Å². The predicted molar refractivity (Wildman–Crippen MR) is 136 cm³/mol. The number of anilines is 2. The Labute approximate surface area is 204 Å². The van der Waals surface area contributed by atoms with Crippen molar-refractivity contribution in [1.29, 1.82) is 0 Å². The quantitative estimate of drug-likeness (QED) is 0.514. The first-order valence-electron chi connectivity index (χ1n) is 12.0. The highest BCUT2D eigenvalue weighted by molar-refractivity contribution is 7.19. The molecule has 3 heterocycles. The van der Waals surface area contributed by atoms with Crippen molar-refractivity contribution in [1.82, 2.24) is 14.9 Å². The molecule has 0 bridgehead atoms. The summed E-state index contributed by atoms with van der Waals surface area (Å²) in [5.41, 5.74) is 2.34. The molecular formula is C26H32FN5OS. The monoisotopic (exact) mass is 481 g/mol. The van der Waals surface area contributed by atoms with Crippen molar-refractivity contribution in [3.8, 4) is 0 Å². The molecule has 0 unspecified atom stereocenters. The van der Waals surface area contributed by atoms with E-state index in [1.54, 1.807) is 12.1 Å². The molecule has 1 aliphatic carbocycles. The standard InChI is InChI=1S/C26H32FN5OS/c1-16-28-23(22-20-10-5-17(26(2,3)4)15-21(20)34-24(22)29-16)31-11-13-32(14-12-31)25(33)30-19-8-6-18(27)7-9-19/h6-9,17H,5,10-15H2,1-4H3,(H,30,33)/t17-/m1/s1. The number of carbonyl (C=O) groups excluding carboxylic acids is 1. The van der Waals surface area contributed by atoms with E-state index in [2.05, 4.69) is 31.0 Å². The summed E-state index contributed by atoms with van der Waals surface area (Å²) in [5.74, 6) is 2.19. The lowest BCUT2D eigenvalue weighted by molar-refractivity contribution is 0.208. The van der Waals surface area contributed by atoms with Gasteiger partial charge in [-0.15, -0.1) is 11.3 Å². The Balaban J connectivity index is 1.34. The van der Waals surface area contributed by atoms with Gasteiger partial charge in [0.15, 0.2) is 0 Å². The zero-order chi connectivity index (χ0) is 24.0. The molecule has 0 saturated carbocycles. The van der Waals surface area contributed by atoms with Crippen LogP contribution in [0.15, 0.2) is 24.3 Å². The normalized spacial score (nSPS) is 18.8. The van der Waals surface area contributed by atoms with Crippen molar-refractivity contribution in [3.63, 3.8) is 0 Å². The van der Waals surface area contributed by atoms with Gasteiger partial charge in [-0.1, -0.05) is 20.8 Å². The second-order valence-electron chi connectivity index (χ2n) is 10.5. The van der Waals surface area contributed by atoms with E-state index in [0.717, 1.165) is 42.4 Å². The summed E-state index contributed by atoms with van der Waals surface area (Å²) in [5, 5.41) is 4.09. The summed E-state index contributed by atoms with van der Waals surface area (Å²) >= 11 is 1.84. The van der Waals surface area contributed by atoms with Crippen molar-refractivity contribution < 1.29 is 9.18 Å². The van der Waals surface area contributed by atoms with E-state index >= 15 is 0 Å². The van der Waals surface area contributed by atoms with E-state index in [-0.39, 0.29) is 11.8 Å². The van der Waals surface area contributed by atoms with Gasteiger partial charge in [0.2, 0.25) is 0 Å². The summed E-state index contributed by atoms with van der Waals surface area (Å²) in [7, 11) is 0. The molecule has 1 fully saturated rings.